The molecule has 0 saturated carbocycles. The Morgan fingerprint density at radius 2 is 2.00 bits per heavy atom. The second kappa shape index (κ2) is 5.61. The molecular weight excluding hydrogens is 282 g/mol. The van der Waals surface area contributed by atoms with Crippen LogP contribution >= 0.6 is 11.3 Å². The number of nitrogen functional groups attached to an aromatic ring is 1. The van der Waals surface area contributed by atoms with Crippen LogP contribution in [-0.2, 0) is 0 Å². The van der Waals surface area contributed by atoms with Crippen molar-refractivity contribution in [1.82, 2.24) is 4.98 Å². The lowest BCUT2D eigenvalue weighted by molar-refractivity contribution is 0.340. The van der Waals surface area contributed by atoms with Crippen molar-refractivity contribution >= 4 is 38.6 Å². The second-order valence-electron chi connectivity index (χ2n) is 4.72. The van der Waals surface area contributed by atoms with Gasteiger partial charge in [-0.1, -0.05) is 0 Å². The van der Waals surface area contributed by atoms with Crippen molar-refractivity contribution in [2.24, 2.45) is 0 Å². The van der Waals surface area contributed by atoms with Gasteiger partial charge in [-0.2, -0.15) is 0 Å². The molecule has 3 aromatic rings. The number of rotatable bonds is 4. The van der Waals surface area contributed by atoms with Crippen molar-refractivity contribution in [3.05, 3.63) is 41.4 Å². The predicted octanol–water partition coefficient (Wildman–Crippen LogP) is 4.33. The lowest BCUT2D eigenvalue weighted by Gasteiger charge is -2.10. The molecule has 0 aliphatic rings. The minimum absolute atomic E-state index is 0.666. The average molecular weight is 299 g/mol. The molecule has 0 amide bonds. The first-order chi connectivity index (χ1) is 10.2. The predicted molar refractivity (Wildman–Crippen MR) is 89.7 cm³/mol. The van der Waals surface area contributed by atoms with Crippen LogP contribution in [0.2, 0.25) is 0 Å². The Hall–Kier alpha value is -2.27. The summed E-state index contributed by atoms with van der Waals surface area (Å²) in [5.74, 6) is 0.863. The first-order valence-corrected chi connectivity index (χ1v) is 7.64. The number of benzene rings is 2. The van der Waals surface area contributed by atoms with E-state index in [1.807, 2.05) is 50.2 Å². The third-order valence-electron chi connectivity index (χ3n) is 3.11. The van der Waals surface area contributed by atoms with Crippen LogP contribution in [0.4, 0.5) is 17.1 Å². The Bertz CT molecular complexity index is 765. The molecular formula is C16H17N3OS. The molecule has 0 aliphatic heterocycles. The number of anilines is 3. The number of nitrogens with one attached hydrogen (secondary N) is 1. The molecule has 5 heteroatoms. The van der Waals surface area contributed by atoms with Gasteiger partial charge in [0.05, 0.1) is 33.2 Å². The number of aromatic nitrogens is 1. The number of hydrogen-bond donors (Lipinski definition) is 2. The van der Waals surface area contributed by atoms with E-state index in [-0.39, 0.29) is 0 Å². The summed E-state index contributed by atoms with van der Waals surface area (Å²) in [5.41, 5.74) is 9.65. The van der Waals surface area contributed by atoms with Crippen LogP contribution in [0, 0.1) is 6.92 Å². The van der Waals surface area contributed by atoms with Crippen molar-refractivity contribution < 1.29 is 4.74 Å². The zero-order chi connectivity index (χ0) is 14.8. The third-order valence-corrected chi connectivity index (χ3v) is 4.04. The Morgan fingerprint density at radius 1 is 1.24 bits per heavy atom. The monoisotopic (exact) mass is 299 g/mol. The highest BCUT2D eigenvalue weighted by Crippen LogP contribution is 2.31. The Labute approximate surface area is 127 Å². The minimum atomic E-state index is 0.666. The molecule has 0 aliphatic carbocycles. The van der Waals surface area contributed by atoms with E-state index in [4.69, 9.17) is 10.5 Å². The van der Waals surface area contributed by atoms with Crippen LogP contribution in [-0.4, -0.2) is 11.6 Å². The van der Waals surface area contributed by atoms with Crippen LogP contribution < -0.4 is 15.8 Å². The Kier molecular flexibility index (Phi) is 3.66. The van der Waals surface area contributed by atoms with Gasteiger partial charge in [0.1, 0.15) is 5.75 Å². The van der Waals surface area contributed by atoms with Gasteiger partial charge >= 0.3 is 0 Å². The number of nitrogens with zero attached hydrogens (tertiary/aromatic N) is 1. The lowest BCUT2D eigenvalue weighted by atomic mass is 10.2. The van der Waals surface area contributed by atoms with E-state index in [0.717, 1.165) is 38.0 Å². The summed E-state index contributed by atoms with van der Waals surface area (Å²) in [6.45, 7) is 4.64. The summed E-state index contributed by atoms with van der Waals surface area (Å²) in [7, 11) is 0. The fourth-order valence-corrected chi connectivity index (χ4v) is 3.03. The van der Waals surface area contributed by atoms with Gasteiger partial charge in [0.15, 0.2) is 0 Å². The smallest absolute Gasteiger partial charge is 0.119 e. The van der Waals surface area contributed by atoms with Crippen LogP contribution in [0.5, 0.6) is 5.75 Å². The summed E-state index contributed by atoms with van der Waals surface area (Å²) in [5, 5.41) is 4.37. The van der Waals surface area contributed by atoms with Crippen molar-refractivity contribution in [2.45, 2.75) is 13.8 Å². The van der Waals surface area contributed by atoms with Gasteiger partial charge in [-0.25, -0.2) is 4.98 Å². The molecule has 0 unspecified atom stereocenters. The van der Waals surface area contributed by atoms with Crippen LogP contribution in [0.3, 0.4) is 0 Å². The van der Waals surface area contributed by atoms with Crippen LogP contribution in [0.15, 0.2) is 36.4 Å². The molecule has 21 heavy (non-hydrogen) atoms. The number of ether oxygens (including phenoxy) is 1. The third kappa shape index (κ3) is 2.92. The van der Waals surface area contributed by atoms with Gasteiger partial charge in [0, 0.05) is 5.69 Å². The minimum Gasteiger partial charge on any atom is -0.494 e. The van der Waals surface area contributed by atoms with Crippen molar-refractivity contribution in [2.75, 3.05) is 17.7 Å². The zero-order valence-electron chi connectivity index (χ0n) is 12.0. The molecule has 0 spiro atoms. The molecule has 1 aromatic heterocycles. The van der Waals surface area contributed by atoms with E-state index in [1.165, 1.54) is 0 Å². The standard InChI is InChI=1S/C16H17N3OS/c1-3-20-12-6-4-11(5-7-12)19-14-9-15-16(8-13(14)17)21-10(2)18-15/h4-9,19H,3,17H2,1-2H3. The number of thiazole rings is 1. The maximum Gasteiger partial charge on any atom is 0.119 e. The van der Waals surface area contributed by atoms with Crippen LogP contribution in [0.25, 0.3) is 10.2 Å². The molecule has 0 fully saturated rings. The molecule has 108 valence electrons. The summed E-state index contributed by atoms with van der Waals surface area (Å²) >= 11 is 1.65. The molecule has 3 N–H and O–H groups in total. The fraction of sp³-hybridized carbons (Fsp3) is 0.188. The van der Waals surface area contributed by atoms with E-state index >= 15 is 0 Å². The average Bonchev–Trinajstić information content (AvgIpc) is 2.81. The summed E-state index contributed by atoms with van der Waals surface area (Å²) in [6.07, 6.45) is 0. The van der Waals surface area contributed by atoms with Gasteiger partial charge < -0.3 is 15.8 Å². The van der Waals surface area contributed by atoms with Crippen LogP contribution in [0.1, 0.15) is 11.9 Å². The first kappa shape index (κ1) is 13.7. The topological polar surface area (TPSA) is 60.2 Å². The van der Waals surface area contributed by atoms with E-state index in [0.29, 0.717) is 6.61 Å². The van der Waals surface area contributed by atoms with E-state index in [9.17, 15) is 0 Å². The van der Waals surface area contributed by atoms with Crippen molar-refractivity contribution in [1.29, 1.82) is 0 Å². The number of fused-ring (bicyclic) bond motifs is 1. The number of nitrogens with two attached hydrogens (primary N) is 1. The van der Waals surface area contributed by atoms with Crippen molar-refractivity contribution in [3.63, 3.8) is 0 Å². The molecule has 4 nitrogen and oxygen atoms in total. The highest BCUT2D eigenvalue weighted by Gasteiger charge is 2.06. The molecule has 3 rings (SSSR count). The van der Waals surface area contributed by atoms with Gasteiger partial charge in [-0.15, -0.1) is 11.3 Å². The fourth-order valence-electron chi connectivity index (χ4n) is 2.17. The Morgan fingerprint density at radius 3 is 2.71 bits per heavy atom. The summed E-state index contributed by atoms with van der Waals surface area (Å²) in [6, 6.07) is 11.8. The first-order valence-electron chi connectivity index (χ1n) is 6.82. The summed E-state index contributed by atoms with van der Waals surface area (Å²) in [4.78, 5) is 4.50. The highest BCUT2D eigenvalue weighted by atomic mass is 32.1. The zero-order valence-corrected chi connectivity index (χ0v) is 12.8. The van der Waals surface area contributed by atoms with Crippen molar-refractivity contribution in [3.8, 4) is 5.75 Å². The lowest BCUT2D eigenvalue weighted by Crippen LogP contribution is -1.96. The molecule has 1 heterocycles. The normalized spacial score (nSPS) is 10.8. The van der Waals surface area contributed by atoms with Gasteiger partial charge in [-0.3, -0.25) is 0 Å². The number of aryl methyl sites for hydroxylation is 1. The Balaban J connectivity index is 1.88. The van der Waals surface area contributed by atoms with E-state index in [2.05, 4.69) is 10.3 Å². The van der Waals surface area contributed by atoms with Gasteiger partial charge in [-0.05, 0) is 50.2 Å². The molecule has 2 aromatic carbocycles. The molecule has 0 bridgehead atoms. The summed E-state index contributed by atoms with van der Waals surface area (Å²) < 4.78 is 6.55. The SMILES string of the molecule is CCOc1ccc(Nc2cc3nc(C)sc3cc2N)cc1. The molecule has 0 saturated heterocycles. The molecule has 0 atom stereocenters. The number of hydrogen-bond acceptors (Lipinski definition) is 5. The second-order valence-corrected chi connectivity index (χ2v) is 5.96. The van der Waals surface area contributed by atoms with E-state index in [1.54, 1.807) is 11.3 Å². The van der Waals surface area contributed by atoms with Gasteiger partial charge in [0.2, 0.25) is 0 Å². The highest BCUT2D eigenvalue weighted by molar-refractivity contribution is 7.18. The van der Waals surface area contributed by atoms with E-state index < -0.39 is 0 Å². The molecule has 0 radical (unpaired) electrons. The maximum atomic E-state index is 6.11. The largest absolute Gasteiger partial charge is 0.494 e. The quantitative estimate of drug-likeness (QED) is 0.704. The maximum absolute atomic E-state index is 6.11. The van der Waals surface area contributed by atoms with Gasteiger partial charge in [0.25, 0.3) is 0 Å².